The first-order chi connectivity index (χ1) is 11.2. The summed E-state index contributed by atoms with van der Waals surface area (Å²) in [7, 11) is 0. The van der Waals surface area contributed by atoms with Crippen molar-refractivity contribution in [3.63, 3.8) is 0 Å². The first-order valence-corrected chi connectivity index (χ1v) is 8.01. The number of pyridine rings is 1. The number of hydrogen-bond donors (Lipinski definition) is 2. The summed E-state index contributed by atoms with van der Waals surface area (Å²) >= 11 is 0. The van der Waals surface area contributed by atoms with Gasteiger partial charge < -0.3 is 15.5 Å². The minimum absolute atomic E-state index is 0.0429. The number of nitrogens with one attached hydrogen (secondary N) is 2. The fourth-order valence-electron chi connectivity index (χ4n) is 2.70. The summed E-state index contributed by atoms with van der Waals surface area (Å²) in [6.07, 6.45) is 1.83. The zero-order valence-corrected chi connectivity index (χ0v) is 13.3. The molecule has 3 rings (SSSR count). The summed E-state index contributed by atoms with van der Waals surface area (Å²) in [6.45, 7) is 5.86. The van der Waals surface area contributed by atoms with Crippen LogP contribution in [-0.4, -0.2) is 37.1 Å². The number of amides is 1. The molecule has 1 unspecified atom stereocenters. The minimum Gasteiger partial charge on any atom is -0.368 e. The maximum atomic E-state index is 12.3. The molecule has 0 saturated carbocycles. The molecule has 1 aliphatic heterocycles. The van der Waals surface area contributed by atoms with Crippen LogP contribution in [0.3, 0.4) is 0 Å². The second kappa shape index (κ2) is 7.24. The Balaban J connectivity index is 1.62. The van der Waals surface area contributed by atoms with Gasteiger partial charge in [0.1, 0.15) is 5.82 Å². The van der Waals surface area contributed by atoms with E-state index in [1.54, 1.807) is 0 Å². The molecule has 5 nitrogen and oxygen atoms in total. The van der Waals surface area contributed by atoms with Crippen molar-refractivity contribution in [2.75, 3.05) is 36.4 Å². The van der Waals surface area contributed by atoms with Crippen LogP contribution in [0, 0.1) is 0 Å². The van der Waals surface area contributed by atoms with E-state index < -0.39 is 0 Å². The third-order valence-corrected chi connectivity index (χ3v) is 4.17. The second-order valence-electron chi connectivity index (χ2n) is 5.76. The molecular weight excluding hydrogens is 288 g/mol. The number of carbonyl (C=O) groups excluding carboxylic acids is 1. The number of piperazine rings is 1. The van der Waals surface area contributed by atoms with E-state index in [4.69, 9.17) is 0 Å². The molecule has 1 saturated heterocycles. The van der Waals surface area contributed by atoms with Gasteiger partial charge in [-0.05, 0) is 24.6 Å². The Kier molecular flexibility index (Phi) is 4.88. The van der Waals surface area contributed by atoms with Crippen LogP contribution in [0.25, 0.3) is 0 Å². The molecule has 1 fully saturated rings. The average molecular weight is 310 g/mol. The van der Waals surface area contributed by atoms with Crippen LogP contribution < -0.4 is 15.5 Å². The first-order valence-electron chi connectivity index (χ1n) is 8.01. The van der Waals surface area contributed by atoms with Crippen molar-refractivity contribution in [1.29, 1.82) is 0 Å². The van der Waals surface area contributed by atoms with Gasteiger partial charge >= 0.3 is 0 Å². The van der Waals surface area contributed by atoms with Crippen molar-refractivity contribution in [1.82, 2.24) is 10.3 Å². The van der Waals surface area contributed by atoms with Crippen LogP contribution in [0.15, 0.2) is 48.7 Å². The molecule has 120 valence electrons. The van der Waals surface area contributed by atoms with Crippen LogP contribution in [0.4, 0.5) is 11.5 Å². The van der Waals surface area contributed by atoms with Crippen LogP contribution in [-0.2, 0) is 4.79 Å². The zero-order valence-electron chi connectivity index (χ0n) is 13.3. The highest BCUT2D eigenvalue weighted by molar-refractivity contribution is 5.94. The highest BCUT2D eigenvalue weighted by Crippen LogP contribution is 2.19. The van der Waals surface area contributed by atoms with Gasteiger partial charge in [-0.25, -0.2) is 4.98 Å². The molecule has 2 N–H and O–H groups in total. The summed E-state index contributed by atoms with van der Waals surface area (Å²) in [6, 6.07) is 13.6. The molecule has 23 heavy (non-hydrogen) atoms. The molecule has 0 bridgehead atoms. The van der Waals surface area contributed by atoms with E-state index in [-0.39, 0.29) is 11.8 Å². The third-order valence-electron chi connectivity index (χ3n) is 4.17. The van der Waals surface area contributed by atoms with Gasteiger partial charge in [0.25, 0.3) is 0 Å². The fourth-order valence-corrected chi connectivity index (χ4v) is 2.70. The summed E-state index contributed by atoms with van der Waals surface area (Å²) in [5.74, 6) is 0.348. The molecule has 1 atom stereocenters. The van der Waals surface area contributed by atoms with Gasteiger partial charge in [-0.2, -0.15) is 0 Å². The van der Waals surface area contributed by atoms with Crippen LogP contribution >= 0.6 is 0 Å². The lowest BCUT2D eigenvalue weighted by Gasteiger charge is -2.29. The lowest BCUT2D eigenvalue weighted by atomic mass is 10.0. The lowest BCUT2D eigenvalue weighted by Crippen LogP contribution is -2.43. The first kappa shape index (κ1) is 15.5. The topological polar surface area (TPSA) is 57.3 Å². The number of aromatic nitrogens is 1. The van der Waals surface area contributed by atoms with Gasteiger partial charge in [0.15, 0.2) is 0 Å². The Labute approximate surface area is 136 Å². The minimum atomic E-state index is -0.203. The Hall–Kier alpha value is -2.40. The second-order valence-corrected chi connectivity index (χ2v) is 5.76. The van der Waals surface area contributed by atoms with Gasteiger partial charge in [-0.15, -0.1) is 0 Å². The smallest absolute Gasteiger partial charge is 0.232 e. The van der Waals surface area contributed by atoms with E-state index in [1.165, 1.54) is 0 Å². The standard InChI is InChI=1S/C18H22N4O/c1-14(15-5-3-2-4-6-15)18(23)21-17-8-7-16(13-20-17)22-11-9-19-10-12-22/h2-8,13-14,19H,9-12H2,1H3,(H,20,21,23). The predicted molar refractivity (Wildman–Crippen MR) is 92.8 cm³/mol. The quantitative estimate of drug-likeness (QED) is 0.909. The molecule has 5 heteroatoms. The number of nitrogens with zero attached hydrogens (tertiary/aromatic N) is 2. The molecule has 0 aliphatic carbocycles. The zero-order chi connectivity index (χ0) is 16.1. The predicted octanol–water partition coefficient (Wildman–Crippen LogP) is 2.23. The summed E-state index contributed by atoms with van der Waals surface area (Å²) in [5.41, 5.74) is 2.10. The van der Waals surface area contributed by atoms with Gasteiger partial charge in [-0.1, -0.05) is 30.3 Å². The van der Waals surface area contributed by atoms with Crippen molar-refractivity contribution in [2.45, 2.75) is 12.8 Å². The lowest BCUT2D eigenvalue weighted by molar-refractivity contribution is -0.117. The number of hydrogen-bond acceptors (Lipinski definition) is 4. The third kappa shape index (κ3) is 3.87. The number of rotatable bonds is 4. The Morgan fingerprint density at radius 2 is 1.91 bits per heavy atom. The van der Waals surface area contributed by atoms with Crippen molar-refractivity contribution in [3.05, 3.63) is 54.2 Å². The van der Waals surface area contributed by atoms with E-state index in [0.717, 1.165) is 37.4 Å². The molecule has 0 spiro atoms. The molecule has 1 aromatic heterocycles. The van der Waals surface area contributed by atoms with Crippen molar-refractivity contribution in [3.8, 4) is 0 Å². The monoisotopic (exact) mass is 310 g/mol. The average Bonchev–Trinajstić information content (AvgIpc) is 2.63. The molecule has 0 radical (unpaired) electrons. The number of anilines is 2. The SMILES string of the molecule is CC(C(=O)Nc1ccc(N2CCNCC2)cn1)c1ccccc1. The largest absolute Gasteiger partial charge is 0.368 e. The van der Waals surface area contributed by atoms with Crippen molar-refractivity contribution < 1.29 is 4.79 Å². The highest BCUT2D eigenvalue weighted by Gasteiger charge is 2.16. The van der Waals surface area contributed by atoms with Crippen LogP contribution in [0.5, 0.6) is 0 Å². The Morgan fingerprint density at radius 3 is 2.57 bits per heavy atom. The molecule has 2 aromatic rings. The maximum absolute atomic E-state index is 12.3. The Morgan fingerprint density at radius 1 is 1.17 bits per heavy atom. The van der Waals surface area contributed by atoms with Crippen LogP contribution in [0.1, 0.15) is 18.4 Å². The van der Waals surface area contributed by atoms with E-state index in [1.807, 2.05) is 55.6 Å². The van der Waals surface area contributed by atoms with Gasteiger partial charge in [0.05, 0.1) is 17.8 Å². The summed E-state index contributed by atoms with van der Waals surface area (Å²) < 4.78 is 0. The summed E-state index contributed by atoms with van der Waals surface area (Å²) in [4.78, 5) is 19.0. The molecule has 2 heterocycles. The molecule has 1 aromatic carbocycles. The highest BCUT2D eigenvalue weighted by atomic mass is 16.1. The Bertz CT molecular complexity index is 636. The van der Waals surface area contributed by atoms with Gasteiger partial charge in [0, 0.05) is 26.2 Å². The molecular formula is C18H22N4O. The van der Waals surface area contributed by atoms with Crippen molar-refractivity contribution >= 4 is 17.4 Å². The maximum Gasteiger partial charge on any atom is 0.232 e. The number of carbonyl (C=O) groups is 1. The van der Waals surface area contributed by atoms with E-state index in [9.17, 15) is 4.79 Å². The van der Waals surface area contributed by atoms with Gasteiger partial charge in [-0.3, -0.25) is 4.79 Å². The molecule has 1 aliphatic rings. The number of benzene rings is 1. The van der Waals surface area contributed by atoms with E-state index in [2.05, 4.69) is 20.5 Å². The van der Waals surface area contributed by atoms with E-state index in [0.29, 0.717) is 5.82 Å². The van der Waals surface area contributed by atoms with Gasteiger partial charge in [0.2, 0.25) is 5.91 Å². The molecule has 1 amide bonds. The van der Waals surface area contributed by atoms with Crippen molar-refractivity contribution in [2.24, 2.45) is 0 Å². The van der Waals surface area contributed by atoms with E-state index >= 15 is 0 Å². The fraction of sp³-hybridized carbons (Fsp3) is 0.333. The van der Waals surface area contributed by atoms with Crippen LogP contribution in [0.2, 0.25) is 0 Å². The normalized spacial score (nSPS) is 16.0. The summed E-state index contributed by atoms with van der Waals surface area (Å²) in [5, 5.41) is 6.22.